The van der Waals surface area contributed by atoms with Crippen LogP contribution >= 0.6 is 0 Å². The predicted molar refractivity (Wildman–Crippen MR) is 69.1 cm³/mol. The molecule has 2 heterocycles. The molecule has 0 unspecified atom stereocenters. The van der Waals surface area contributed by atoms with Crippen molar-refractivity contribution in [3.63, 3.8) is 0 Å². The first-order valence-corrected chi connectivity index (χ1v) is 5.80. The summed E-state index contributed by atoms with van der Waals surface area (Å²) in [4.78, 5) is 14.5. The summed E-state index contributed by atoms with van der Waals surface area (Å²) in [5, 5.41) is 13.9. The molecule has 6 heteroatoms. The zero-order valence-corrected chi connectivity index (χ0v) is 10.00. The number of hydrogen-bond acceptors (Lipinski definition) is 5. The molecule has 1 aliphatic heterocycles. The Morgan fingerprint density at radius 2 is 2.11 bits per heavy atom. The maximum absolute atomic E-state index is 10.9. The van der Waals surface area contributed by atoms with Gasteiger partial charge in [0.05, 0.1) is 18.1 Å². The van der Waals surface area contributed by atoms with Crippen molar-refractivity contribution in [3.8, 4) is 0 Å². The van der Waals surface area contributed by atoms with Gasteiger partial charge in [0, 0.05) is 18.0 Å². The van der Waals surface area contributed by atoms with Crippen molar-refractivity contribution in [2.75, 3.05) is 5.32 Å². The van der Waals surface area contributed by atoms with Crippen LogP contribution in [0.4, 0.5) is 17.2 Å². The van der Waals surface area contributed by atoms with E-state index in [0.29, 0.717) is 13.2 Å². The van der Waals surface area contributed by atoms with Crippen LogP contribution in [0.25, 0.3) is 0 Å². The van der Waals surface area contributed by atoms with E-state index in [1.807, 2.05) is 18.2 Å². The van der Waals surface area contributed by atoms with E-state index in [-0.39, 0.29) is 11.5 Å². The molecule has 1 N–H and O–H groups in total. The summed E-state index contributed by atoms with van der Waals surface area (Å²) < 4.78 is 5.33. The number of aromatic nitrogens is 1. The first-order chi connectivity index (χ1) is 9.24. The number of hydrogen-bond donors (Lipinski definition) is 1. The van der Waals surface area contributed by atoms with E-state index >= 15 is 0 Å². The van der Waals surface area contributed by atoms with Crippen LogP contribution in [0.15, 0.2) is 36.5 Å². The lowest BCUT2D eigenvalue weighted by molar-refractivity contribution is -0.384. The van der Waals surface area contributed by atoms with Gasteiger partial charge in [0.2, 0.25) is 5.82 Å². The van der Waals surface area contributed by atoms with Crippen LogP contribution in [0.3, 0.4) is 0 Å². The second-order valence-corrected chi connectivity index (χ2v) is 4.23. The second-order valence-electron chi connectivity index (χ2n) is 4.23. The highest BCUT2D eigenvalue weighted by Crippen LogP contribution is 2.28. The average Bonchev–Trinajstić information content (AvgIpc) is 2.86. The fourth-order valence-electron chi connectivity index (χ4n) is 2.03. The third kappa shape index (κ3) is 2.25. The Morgan fingerprint density at radius 1 is 1.26 bits per heavy atom. The molecule has 96 valence electrons. The van der Waals surface area contributed by atoms with Gasteiger partial charge in [-0.3, -0.25) is 10.1 Å². The largest absolute Gasteiger partial charge is 0.372 e. The highest BCUT2D eigenvalue weighted by molar-refractivity contribution is 5.66. The highest BCUT2D eigenvalue weighted by Gasteiger charge is 2.16. The molecule has 0 spiro atoms. The van der Waals surface area contributed by atoms with E-state index in [1.165, 1.54) is 12.3 Å². The molecule has 0 fully saturated rings. The molecule has 1 aromatic heterocycles. The topological polar surface area (TPSA) is 77.3 Å². The minimum Gasteiger partial charge on any atom is -0.372 e. The van der Waals surface area contributed by atoms with Crippen LogP contribution in [0.1, 0.15) is 11.1 Å². The summed E-state index contributed by atoms with van der Waals surface area (Å²) in [6, 6.07) is 8.72. The van der Waals surface area contributed by atoms with Crippen LogP contribution < -0.4 is 5.32 Å². The van der Waals surface area contributed by atoms with Crippen LogP contribution in [0.2, 0.25) is 0 Å². The molecule has 1 aromatic carbocycles. The highest BCUT2D eigenvalue weighted by atomic mass is 16.6. The van der Waals surface area contributed by atoms with Gasteiger partial charge >= 0.3 is 5.69 Å². The molecule has 0 bridgehead atoms. The lowest BCUT2D eigenvalue weighted by atomic mass is 10.1. The standard InChI is InChI=1S/C13H11N3O3/c17-16(18)12-2-1-5-14-13(12)15-11-4-3-9-7-19-8-10(9)6-11/h1-6H,7-8H2,(H,14,15). The fourth-order valence-corrected chi connectivity index (χ4v) is 2.03. The second kappa shape index (κ2) is 4.66. The normalized spacial score (nSPS) is 13.1. The van der Waals surface area contributed by atoms with E-state index in [4.69, 9.17) is 4.74 Å². The van der Waals surface area contributed by atoms with Crippen molar-refractivity contribution >= 4 is 17.2 Å². The zero-order valence-electron chi connectivity index (χ0n) is 10.00. The Bertz CT molecular complexity index is 643. The first-order valence-electron chi connectivity index (χ1n) is 5.80. The zero-order chi connectivity index (χ0) is 13.2. The molecule has 0 atom stereocenters. The summed E-state index contributed by atoms with van der Waals surface area (Å²) in [6.07, 6.45) is 1.52. The molecular weight excluding hydrogens is 246 g/mol. The van der Waals surface area contributed by atoms with E-state index in [1.54, 1.807) is 6.07 Å². The van der Waals surface area contributed by atoms with Gasteiger partial charge in [-0.1, -0.05) is 6.07 Å². The number of ether oxygens (including phenoxy) is 1. The van der Waals surface area contributed by atoms with Gasteiger partial charge in [0.15, 0.2) is 0 Å². The summed E-state index contributed by atoms with van der Waals surface area (Å²) >= 11 is 0. The molecular formula is C13H11N3O3. The number of fused-ring (bicyclic) bond motifs is 1. The Kier molecular flexibility index (Phi) is 2.85. The van der Waals surface area contributed by atoms with Gasteiger partial charge in [-0.2, -0.15) is 0 Å². The van der Waals surface area contributed by atoms with Crippen molar-refractivity contribution in [3.05, 3.63) is 57.8 Å². The number of nitrogens with one attached hydrogen (secondary N) is 1. The lowest BCUT2D eigenvalue weighted by Gasteiger charge is -2.07. The number of nitrogens with zero attached hydrogens (tertiary/aromatic N) is 2. The molecule has 0 amide bonds. The molecule has 0 saturated heterocycles. The average molecular weight is 257 g/mol. The maximum Gasteiger partial charge on any atom is 0.311 e. The van der Waals surface area contributed by atoms with Gasteiger partial charge in [0.1, 0.15) is 0 Å². The van der Waals surface area contributed by atoms with Crippen molar-refractivity contribution < 1.29 is 9.66 Å². The fraction of sp³-hybridized carbons (Fsp3) is 0.154. The van der Waals surface area contributed by atoms with Crippen molar-refractivity contribution in [2.24, 2.45) is 0 Å². The smallest absolute Gasteiger partial charge is 0.311 e. The van der Waals surface area contributed by atoms with E-state index in [0.717, 1.165) is 16.8 Å². The van der Waals surface area contributed by atoms with E-state index in [2.05, 4.69) is 10.3 Å². The SMILES string of the molecule is O=[N+]([O-])c1cccnc1Nc1ccc2c(c1)COC2. The third-order valence-electron chi connectivity index (χ3n) is 2.97. The number of nitro groups is 1. The molecule has 0 radical (unpaired) electrons. The quantitative estimate of drug-likeness (QED) is 0.675. The van der Waals surface area contributed by atoms with Gasteiger partial charge in [0.25, 0.3) is 0 Å². The summed E-state index contributed by atoms with van der Waals surface area (Å²) in [6.45, 7) is 1.20. The van der Waals surface area contributed by atoms with E-state index < -0.39 is 4.92 Å². The summed E-state index contributed by atoms with van der Waals surface area (Å²) in [7, 11) is 0. The number of rotatable bonds is 3. The van der Waals surface area contributed by atoms with Gasteiger partial charge < -0.3 is 10.1 Å². The summed E-state index contributed by atoms with van der Waals surface area (Å²) in [5.74, 6) is 0.242. The third-order valence-corrected chi connectivity index (χ3v) is 2.97. The monoisotopic (exact) mass is 257 g/mol. The molecule has 19 heavy (non-hydrogen) atoms. The van der Waals surface area contributed by atoms with Crippen LogP contribution in [-0.2, 0) is 18.0 Å². The molecule has 0 aliphatic carbocycles. The molecule has 1 aliphatic rings. The van der Waals surface area contributed by atoms with Crippen molar-refractivity contribution in [2.45, 2.75) is 13.2 Å². The lowest BCUT2D eigenvalue weighted by Crippen LogP contribution is -1.99. The number of pyridine rings is 1. The Hall–Kier alpha value is -2.47. The van der Waals surface area contributed by atoms with Crippen molar-refractivity contribution in [1.29, 1.82) is 0 Å². The Labute approximate surface area is 109 Å². The number of benzene rings is 1. The maximum atomic E-state index is 10.9. The first kappa shape index (κ1) is 11.6. The number of anilines is 2. The van der Waals surface area contributed by atoms with Gasteiger partial charge in [-0.25, -0.2) is 4.98 Å². The summed E-state index contributed by atoms with van der Waals surface area (Å²) in [5.41, 5.74) is 2.98. The van der Waals surface area contributed by atoms with Gasteiger partial charge in [-0.15, -0.1) is 0 Å². The van der Waals surface area contributed by atoms with Crippen molar-refractivity contribution in [1.82, 2.24) is 4.98 Å². The predicted octanol–water partition coefficient (Wildman–Crippen LogP) is 2.76. The van der Waals surface area contributed by atoms with Crippen LogP contribution in [0.5, 0.6) is 0 Å². The van der Waals surface area contributed by atoms with Crippen LogP contribution in [0, 0.1) is 10.1 Å². The Balaban J connectivity index is 1.91. The molecule has 2 aromatic rings. The minimum absolute atomic E-state index is 0.0424. The van der Waals surface area contributed by atoms with Crippen LogP contribution in [-0.4, -0.2) is 9.91 Å². The molecule has 3 rings (SSSR count). The minimum atomic E-state index is -0.453. The van der Waals surface area contributed by atoms with Gasteiger partial charge in [-0.05, 0) is 29.3 Å². The molecule has 6 nitrogen and oxygen atoms in total. The van der Waals surface area contributed by atoms with E-state index in [9.17, 15) is 10.1 Å². The Morgan fingerprint density at radius 3 is 2.95 bits per heavy atom. The molecule has 0 saturated carbocycles.